The molecule has 1 N–H and O–H groups in total. The first-order chi connectivity index (χ1) is 5.70. The van der Waals surface area contributed by atoms with Crippen molar-refractivity contribution in [2.75, 3.05) is 6.54 Å². The summed E-state index contributed by atoms with van der Waals surface area (Å²) in [7, 11) is 0. The van der Waals surface area contributed by atoms with E-state index in [1.807, 2.05) is 0 Å². The second kappa shape index (κ2) is 3.78. The number of carbonyl (C=O) groups is 1. The third-order valence-electron chi connectivity index (χ3n) is 2.82. The second-order valence-electron chi connectivity index (χ2n) is 4.93. The molecular formula is C10H18N2O. The van der Waals surface area contributed by atoms with E-state index in [0.717, 1.165) is 0 Å². The van der Waals surface area contributed by atoms with E-state index in [1.54, 1.807) is 0 Å². The molecule has 0 aromatic heterocycles. The van der Waals surface area contributed by atoms with Crippen molar-refractivity contribution in [3.05, 3.63) is 0 Å². The number of nitriles is 1. The highest BCUT2D eigenvalue weighted by atomic mass is 16.1. The smallest absolute Gasteiger partial charge is 0.322 e. The molecule has 0 rings (SSSR count). The Hall–Kier alpha value is -1.04. The van der Waals surface area contributed by atoms with Crippen LogP contribution in [-0.2, 0) is 4.79 Å². The van der Waals surface area contributed by atoms with E-state index in [4.69, 9.17) is 5.26 Å². The van der Waals surface area contributed by atoms with E-state index in [0.29, 0.717) is 6.54 Å². The van der Waals surface area contributed by atoms with Gasteiger partial charge in [0.1, 0.15) is 0 Å². The van der Waals surface area contributed by atoms with Crippen molar-refractivity contribution < 1.29 is 4.79 Å². The number of hydrogen-bond acceptors (Lipinski definition) is 2. The Kier molecular flexibility index (Phi) is 3.48. The van der Waals surface area contributed by atoms with Crippen LogP contribution in [0.1, 0.15) is 34.6 Å². The molecule has 0 aliphatic heterocycles. The van der Waals surface area contributed by atoms with Crippen LogP contribution in [0.3, 0.4) is 0 Å². The molecule has 0 spiro atoms. The van der Waals surface area contributed by atoms with E-state index in [9.17, 15) is 4.79 Å². The van der Waals surface area contributed by atoms with Crippen molar-refractivity contribution in [3.63, 3.8) is 0 Å². The maximum atomic E-state index is 10.7. The number of carbonyl (C=O) groups excluding carboxylic acids is 1. The lowest BCUT2D eigenvalue weighted by molar-refractivity contribution is -0.116. The summed E-state index contributed by atoms with van der Waals surface area (Å²) in [6, 6.07) is 1.54. The third kappa shape index (κ3) is 3.45. The SMILES string of the molecule is CC(C)(C)C(C)(C)CNC(=O)C#N. The lowest BCUT2D eigenvalue weighted by Gasteiger charge is -2.38. The Balaban J connectivity index is 4.22. The zero-order valence-corrected chi connectivity index (χ0v) is 9.06. The van der Waals surface area contributed by atoms with Crippen molar-refractivity contribution in [1.82, 2.24) is 5.32 Å². The number of nitrogens with zero attached hydrogens (tertiary/aromatic N) is 1. The van der Waals surface area contributed by atoms with Gasteiger partial charge in [0, 0.05) is 6.54 Å². The first-order valence-corrected chi connectivity index (χ1v) is 4.38. The van der Waals surface area contributed by atoms with Gasteiger partial charge in [-0.05, 0) is 10.8 Å². The van der Waals surface area contributed by atoms with Crippen molar-refractivity contribution in [3.8, 4) is 6.07 Å². The van der Waals surface area contributed by atoms with Crippen LogP contribution in [0.4, 0.5) is 0 Å². The molecule has 0 aliphatic carbocycles. The molecule has 1 amide bonds. The second-order valence-corrected chi connectivity index (χ2v) is 4.93. The number of hydrogen-bond donors (Lipinski definition) is 1. The van der Waals surface area contributed by atoms with E-state index in [-0.39, 0.29) is 10.8 Å². The van der Waals surface area contributed by atoms with Gasteiger partial charge in [-0.15, -0.1) is 0 Å². The fourth-order valence-electron chi connectivity index (χ4n) is 0.606. The van der Waals surface area contributed by atoms with Crippen LogP contribution in [0.5, 0.6) is 0 Å². The quantitative estimate of drug-likeness (QED) is 0.661. The summed E-state index contributed by atoms with van der Waals surface area (Å²) in [5, 5.41) is 10.9. The minimum absolute atomic E-state index is 0.0144. The van der Waals surface area contributed by atoms with Crippen LogP contribution < -0.4 is 5.32 Å². The van der Waals surface area contributed by atoms with Crippen LogP contribution >= 0.6 is 0 Å². The molecule has 0 aliphatic rings. The van der Waals surface area contributed by atoms with Crippen LogP contribution in [0.2, 0.25) is 0 Å². The number of rotatable bonds is 2. The molecule has 13 heavy (non-hydrogen) atoms. The summed E-state index contributed by atoms with van der Waals surface area (Å²) in [5.74, 6) is -0.558. The molecule has 0 radical (unpaired) electrons. The molecular weight excluding hydrogens is 164 g/mol. The molecule has 0 saturated carbocycles. The zero-order chi connectivity index (χ0) is 10.7. The maximum Gasteiger partial charge on any atom is 0.322 e. The Bertz CT molecular complexity index is 230. The molecule has 0 atom stereocenters. The maximum absolute atomic E-state index is 10.7. The summed E-state index contributed by atoms with van der Waals surface area (Å²) >= 11 is 0. The minimum Gasteiger partial charge on any atom is -0.343 e. The predicted molar refractivity (Wildman–Crippen MR) is 51.9 cm³/mol. The first-order valence-electron chi connectivity index (χ1n) is 4.38. The first kappa shape index (κ1) is 12.0. The van der Waals surface area contributed by atoms with Gasteiger partial charge >= 0.3 is 5.91 Å². The monoisotopic (exact) mass is 182 g/mol. The largest absolute Gasteiger partial charge is 0.343 e. The normalized spacial score (nSPS) is 12.0. The summed E-state index contributed by atoms with van der Waals surface area (Å²) in [4.78, 5) is 10.7. The summed E-state index contributed by atoms with van der Waals surface area (Å²) in [5.41, 5.74) is 0.0925. The molecule has 3 nitrogen and oxygen atoms in total. The minimum atomic E-state index is -0.558. The average molecular weight is 182 g/mol. The lowest BCUT2D eigenvalue weighted by atomic mass is 9.69. The molecule has 0 aromatic carbocycles. The Morgan fingerprint density at radius 3 is 2.08 bits per heavy atom. The van der Waals surface area contributed by atoms with Crippen LogP contribution in [0.15, 0.2) is 0 Å². The number of amides is 1. The Labute approximate surface area is 80.1 Å². The fraction of sp³-hybridized carbons (Fsp3) is 0.800. The van der Waals surface area contributed by atoms with Gasteiger partial charge in [0.25, 0.3) is 0 Å². The highest BCUT2D eigenvalue weighted by Gasteiger charge is 2.32. The molecule has 0 saturated heterocycles. The molecule has 0 fully saturated rings. The standard InChI is InChI=1S/C10H18N2O/c1-9(2,3)10(4,5)7-12-8(13)6-11/h7H2,1-5H3,(H,12,13). The Morgan fingerprint density at radius 2 is 1.77 bits per heavy atom. The molecule has 0 unspecified atom stereocenters. The molecule has 0 heterocycles. The van der Waals surface area contributed by atoms with Crippen molar-refractivity contribution in [2.24, 2.45) is 10.8 Å². The van der Waals surface area contributed by atoms with E-state index in [1.165, 1.54) is 6.07 Å². The molecule has 3 heteroatoms. The van der Waals surface area contributed by atoms with Crippen LogP contribution in [0.25, 0.3) is 0 Å². The average Bonchev–Trinajstić information content (AvgIpc) is 1.98. The van der Waals surface area contributed by atoms with Gasteiger partial charge in [-0.1, -0.05) is 34.6 Å². The molecule has 0 bridgehead atoms. The summed E-state index contributed by atoms with van der Waals surface area (Å²) < 4.78 is 0. The van der Waals surface area contributed by atoms with Crippen molar-refractivity contribution >= 4 is 5.91 Å². The van der Waals surface area contributed by atoms with E-state index < -0.39 is 5.91 Å². The highest BCUT2D eigenvalue weighted by molar-refractivity contribution is 5.91. The van der Waals surface area contributed by atoms with Crippen LogP contribution in [0, 0.1) is 22.2 Å². The van der Waals surface area contributed by atoms with Gasteiger partial charge in [-0.25, -0.2) is 0 Å². The summed E-state index contributed by atoms with van der Waals surface area (Å²) in [6.07, 6.45) is 0. The zero-order valence-electron chi connectivity index (χ0n) is 9.06. The lowest BCUT2D eigenvalue weighted by Crippen LogP contribution is -2.41. The van der Waals surface area contributed by atoms with E-state index in [2.05, 4.69) is 39.9 Å². The summed E-state index contributed by atoms with van der Waals surface area (Å²) in [6.45, 7) is 11.0. The van der Waals surface area contributed by atoms with Gasteiger partial charge in [0.05, 0.1) is 0 Å². The van der Waals surface area contributed by atoms with Crippen molar-refractivity contribution in [2.45, 2.75) is 34.6 Å². The fourth-order valence-corrected chi connectivity index (χ4v) is 0.606. The van der Waals surface area contributed by atoms with Gasteiger partial charge in [0.2, 0.25) is 0 Å². The van der Waals surface area contributed by atoms with Crippen LogP contribution in [-0.4, -0.2) is 12.5 Å². The molecule has 0 aromatic rings. The Morgan fingerprint density at radius 1 is 1.31 bits per heavy atom. The topological polar surface area (TPSA) is 52.9 Å². The predicted octanol–water partition coefficient (Wildman–Crippen LogP) is 1.70. The van der Waals surface area contributed by atoms with Gasteiger partial charge in [-0.2, -0.15) is 5.26 Å². The van der Waals surface area contributed by atoms with Gasteiger partial charge in [0.15, 0.2) is 6.07 Å². The highest BCUT2D eigenvalue weighted by Crippen LogP contribution is 2.36. The number of nitrogens with one attached hydrogen (secondary N) is 1. The van der Waals surface area contributed by atoms with Crippen molar-refractivity contribution in [1.29, 1.82) is 5.26 Å². The van der Waals surface area contributed by atoms with Gasteiger partial charge in [-0.3, -0.25) is 4.79 Å². The van der Waals surface area contributed by atoms with E-state index >= 15 is 0 Å². The third-order valence-corrected chi connectivity index (χ3v) is 2.82. The van der Waals surface area contributed by atoms with Gasteiger partial charge < -0.3 is 5.32 Å². The molecule has 74 valence electrons.